The van der Waals surface area contributed by atoms with Crippen molar-refractivity contribution >= 4 is 17.8 Å². The number of nitrogens with two attached hydrogens (primary N) is 1. The van der Waals surface area contributed by atoms with E-state index < -0.39 is 0 Å². The van der Waals surface area contributed by atoms with Gasteiger partial charge in [-0.3, -0.25) is 0 Å². The van der Waals surface area contributed by atoms with E-state index in [-0.39, 0.29) is 6.03 Å². The molecule has 7 nitrogen and oxygen atoms in total. The molecule has 1 saturated heterocycles. The van der Waals surface area contributed by atoms with E-state index in [0.29, 0.717) is 30.4 Å². The van der Waals surface area contributed by atoms with E-state index in [1.54, 1.807) is 0 Å². The van der Waals surface area contributed by atoms with Crippen LogP contribution < -0.4 is 16.0 Å². The maximum absolute atomic E-state index is 12.5. The quantitative estimate of drug-likeness (QED) is 0.865. The summed E-state index contributed by atoms with van der Waals surface area (Å²) in [5, 5.41) is 3.18. The average Bonchev–Trinajstić information content (AvgIpc) is 3.31. The van der Waals surface area contributed by atoms with Crippen LogP contribution in [-0.4, -0.2) is 53.6 Å². The van der Waals surface area contributed by atoms with Crippen LogP contribution in [0.5, 0.6) is 0 Å². The largest absolute Gasteiger partial charge is 0.368 e. The number of hydrogen-bond acceptors (Lipinski definition) is 5. The van der Waals surface area contributed by atoms with E-state index in [1.807, 2.05) is 17.9 Å². The Hall–Kier alpha value is -2.05. The molecule has 0 bridgehead atoms. The van der Waals surface area contributed by atoms with Gasteiger partial charge in [0.2, 0.25) is 5.95 Å². The van der Waals surface area contributed by atoms with Gasteiger partial charge in [0.1, 0.15) is 5.82 Å². The van der Waals surface area contributed by atoms with Crippen LogP contribution in [0.4, 0.5) is 16.6 Å². The molecule has 1 aliphatic heterocycles. The summed E-state index contributed by atoms with van der Waals surface area (Å²) in [5.41, 5.74) is 7.20. The van der Waals surface area contributed by atoms with Gasteiger partial charge < -0.3 is 20.9 Å². The van der Waals surface area contributed by atoms with Gasteiger partial charge in [-0.25, -0.2) is 9.78 Å². The van der Waals surface area contributed by atoms with Crippen molar-refractivity contribution < 1.29 is 4.79 Å². The lowest BCUT2D eigenvalue weighted by Crippen LogP contribution is -2.52. The maximum atomic E-state index is 12.5. The fourth-order valence-electron chi connectivity index (χ4n) is 4.79. The Morgan fingerprint density at radius 1 is 1.23 bits per heavy atom. The first-order valence-corrected chi connectivity index (χ1v) is 9.95. The van der Waals surface area contributed by atoms with Crippen LogP contribution in [0.3, 0.4) is 0 Å². The van der Waals surface area contributed by atoms with Crippen LogP contribution in [0.15, 0.2) is 6.07 Å². The van der Waals surface area contributed by atoms with E-state index in [9.17, 15) is 4.79 Å². The van der Waals surface area contributed by atoms with Crippen molar-refractivity contribution in [1.82, 2.24) is 20.2 Å². The van der Waals surface area contributed by atoms with Crippen molar-refractivity contribution in [2.24, 2.45) is 11.3 Å². The standard InChI is InChI=1S/C19H30N6O/c1-14-11-16(23-17(20)22-14)24-7-9-25(10-8-24)18(26)21-13-15-12-19(15)5-3-2-4-6-19/h11,15H,2-10,12-13H2,1H3,(H,21,26)(H2,20,22,23)/t15-/m0/s1. The third-order valence-corrected chi connectivity index (χ3v) is 6.46. The van der Waals surface area contributed by atoms with Crippen LogP contribution in [0.2, 0.25) is 0 Å². The fraction of sp³-hybridized carbons (Fsp3) is 0.737. The third kappa shape index (κ3) is 3.57. The van der Waals surface area contributed by atoms with Gasteiger partial charge in [0.05, 0.1) is 0 Å². The summed E-state index contributed by atoms with van der Waals surface area (Å²) in [6.45, 7) is 5.74. The number of aromatic nitrogens is 2. The van der Waals surface area contributed by atoms with Crippen molar-refractivity contribution in [1.29, 1.82) is 0 Å². The lowest BCUT2D eigenvalue weighted by atomic mass is 9.84. The summed E-state index contributed by atoms with van der Waals surface area (Å²) in [6, 6.07) is 2.03. The van der Waals surface area contributed by atoms with Crippen molar-refractivity contribution in [2.75, 3.05) is 43.4 Å². The summed E-state index contributed by atoms with van der Waals surface area (Å²) >= 11 is 0. The number of nitrogen functional groups attached to an aromatic ring is 1. The molecular weight excluding hydrogens is 328 g/mol. The van der Waals surface area contributed by atoms with Crippen molar-refractivity contribution in [3.63, 3.8) is 0 Å². The first-order chi connectivity index (χ1) is 12.6. The summed E-state index contributed by atoms with van der Waals surface area (Å²) in [6.07, 6.45) is 8.19. The van der Waals surface area contributed by atoms with Crippen LogP contribution in [0.25, 0.3) is 0 Å². The molecule has 0 aromatic carbocycles. The zero-order chi connectivity index (χ0) is 18.1. The minimum Gasteiger partial charge on any atom is -0.368 e. The first-order valence-electron chi connectivity index (χ1n) is 9.95. The van der Waals surface area contributed by atoms with Crippen LogP contribution >= 0.6 is 0 Å². The molecule has 2 aliphatic carbocycles. The Morgan fingerprint density at radius 2 is 1.96 bits per heavy atom. The molecule has 0 radical (unpaired) electrons. The Bertz CT molecular complexity index is 644. The SMILES string of the molecule is Cc1cc(N2CCN(C(=O)NC[C@@H]3CC34CCCCC4)CC2)nc(N)n1. The van der Waals surface area contributed by atoms with Crippen molar-refractivity contribution in [2.45, 2.75) is 45.4 Å². The summed E-state index contributed by atoms with van der Waals surface area (Å²) < 4.78 is 0. The number of carbonyl (C=O) groups excluding carboxylic acids is 1. The number of nitrogens with one attached hydrogen (secondary N) is 1. The number of rotatable bonds is 3. The van der Waals surface area contributed by atoms with Gasteiger partial charge in [-0.1, -0.05) is 19.3 Å². The Kier molecular flexibility index (Phi) is 4.63. The molecule has 1 aromatic heterocycles. The molecule has 2 heterocycles. The summed E-state index contributed by atoms with van der Waals surface area (Å²) in [4.78, 5) is 25.0. The Balaban J connectivity index is 1.24. The minimum atomic E-state index is 0.0842. The van der Waals surface area contributed by atoms with Gasteiger partial charge >= 0.3 is 6.03 Å². The second kappa shape index (κ2) is 6.93. The first kappa shape index (κ1) is 17.4. The number of hydrogen-bond donors (Lipinski definition) is 2. The molecule has 1 spiro atoms. The van der Waals surface area contributed by atoms with E-state index in [1.165, 1.54) is 38.5 Å². The molecule has 4 rings (SSSR count). The maximum Gasteiger partial charge on any atom is 0.317 e. The highest BCUT2D eigenvalue weighted by atomic mass is 16.2. The van der Waals surface area contributed by atoms with Crippen LogP contribution in [0.1, 0.15) is 44.2 Å². The topological polar surface area (TPSA) is 87.4 Å². The van der Waals surface area contributed by atoms with Crippen molar-refractivity contribution in [3.8, 4) is 0 Å². The van der Waals surface area contributed by atoms with E-state index in [4.69, 9.17) is 5.73 Å². The molecule has 3 fully saturated rings. The molecule has 3 N–H and O–H groups in total. The normalized spacial score (nSPS) is 24.6. The zero-order valence-electron chi connectivity index (χ0n) is 15.7. The number of carbonyl (C=O) groups is 1. The molecule has 0 unspecified atom stereocenters. The zero-order valence-corrected chi connectivity index (χ0v) is 15.7. The summed E-state index contributed by atoms with van der Waals surface area (Å²) in [7, 11) is 0. The Labute approximate surface area is 155 Å². The monoisotopic (exact) mass is 358 g/mol. The highest BCUT2D eigenvalue weighted by Crippen LogP contribution is 2.60. The molecule has 1 aromatic rings. The number of piperazine rings is 1. The van der Waals surface area contributed by atoms with Crippen molar-refractivity contribution in [3.05, 3.63) is 11.8 Å². The van der Waals surface area contributed by atoms with Gasteiger partial charge in [-0.15, -0.1) is 0 Å². The second-order valence-corrected chi connectivity index (χ2v) is 8.21. The second-order valence-electron chi connectivity index (χ2n) is 8.21. The highest BCUT2D eigenvalue weighted by Gasteiger charge is 2.53. The number of anilines is 2. The van der Waals surface area contributed by atoms with Crippen LogP contribution in [0, 0.1) is 18.3 Å². The molecule has 142 valence electrons. The predicted molar refractivity (Wildman–Crippen MR) is 102 cm³/mol. The lowest BCUT2D eigenvalue weighted by molar-refractivity contribution is 0.192. The molecule has 3 aliphatic rings. The van der Waals surface area contributed by atoms with Gasteiger partial charge in [-0.2, -0.15) is 4.98 Å². The number of aryl methyl sites for hydroxylation is 1. The molecule has 2 amide bonds. The van der Waals surface area contributed by atoms with Gasteiger partial charge in [0.25, 0.3) is 0 Å². The third-order valence-electron chi connectivity index (χ3n) is 6.46. The molecular formula is C19H30N6O. The number of urea groups is 1. The Morgan fingerprint density at radius 3 is 2.65 bits per heavy atom. The number of nitrogens with zero attached hydrogens (tertiary/aromatic N) is 4. The van der Waals surface area contributed by atoms with Gasteiger partial charge in [0.15, 0.2) is 0 Å². The van der Waals surface area contributed by atoms with Gasteiger partial charge in [0, 0.05) is 44.5 Å². The van der Waals surface area contributed by atoms with E-state index in [0.717, 1.165) is 31.1 Å². The van der Waals surface area contributed by atoms with Gasteiger partial charge in [-0.05, 0) is 37.5 Å². The smallest absolute Gasteiger partial charge is 0.317 e. The molecule has 1 atom stereocenters. The molecule has 26 heavy (non-hydrogen) atoms. The lowest BCUT2D eigenvalue weighted by Gasteiger charge is -2.35. The fourth-order valence-corrected chi connectivity index (χ4v) is 4.79. The van der Waals surface area contributed by atoms with E-state index >= 15 is 0 Å². The highest BCUT2D eigenvalue weighted by molar-refractivity contribution is 5.74. The minimum absolute atomic E-state index is 0.0842. The average molecular weight is 358 g/mol. The predicted octanol–water partition coefficient (Wildman–Crippen LogP) is 2.17. The summed E-state index contributed by atoms with van der Waals surface area (Å²) in [5.74, 6) is 1.87. The van der Waals surface area contributed by atoms with E-state index in [2.05, 4.69) is 20.2 Å². The number of amides is 2. The molecule has 7 heteroatoms. The molecule has 2 saturated carbocycles. The van der Waals surface area contributed by atoms with Crippen LogP contribution in [-0.2, 0) is 0 Å².